The smallest absolute Gasteiger partial charge is 0.0700 e. The number of anilines is 1. The number of para-hydroxylation sites is 1. The lowest BCUT2D eigenvalue weighted by atomic mass is 10.3. The summed E-state index contributed by atoms with van der Waals surface area (Å²) in [6.45, 7) is 6.08. The van der Waals surface area contributed by atoms with Gasteiger partial charge in [0.15, 0.2) is 0 Å². The first-order valence-electron chi connectivity index (χ1n) is 6.38. The van der Waals surface area contributed by atoms with Gasteiger partial charge in [-0.25, -0.2) is 0 Å². The Kier molecular flexibility index (Phi) is 8.33. The van der Waals surface area contributed by atoms with Crippen molar-refractivity contribution in [1.29, 1.82) is 0 Å². The van der Waals surface area contributed by atoms with E-state index in [4.69, 9.17) is 9.47 Å². The minimum absolute atomic E-state index is 0.700. The van der Waals surface area contributed by atoms with E-state index in [9.17, 15) is 0 Å². The third-order valence-corrected chi connectivity index (χ3v) is 2.29. The molecule has 0 aliphatic rings. The van der Waals surface area contributed by atoms with Crippen LogP contribution in [0, 0.1) is 0 Å². The fraction of sp³-hybridized carbons (Fsp3) is 0.571. The second kappa shape index (κ2) is 10.1. The molecule has 1 aromatic carbocycles. The predicted molar refractivity (Wildman–Crippen MR) is 71.5 cm³/mol. The van der Waals surface area contributed by atoms with Crippen LogP contribution in [0.25, 0.3) is 0 Å². The number of ether oxygens (including phenoxy) is 2. The topological polar surface area (TPSA) is 30.5 Å². The molecule has 0 aliphatic carbocycles. The molecule has 1 N–H and O–H groups in total. The maximum atomic E-state index is 5.45. The third-order valence-electron chi connectivity index (χ3n) is 2.29. The first-order valence-corrected chi connectivity index (χ1v) is 6.38. The molecule has 3 nitrogen and oxygen atoms in total. The molecule has 0 amide bonds. The normalized spacial score (nSPS) is 10.4. The summed E-state index contributed by atoms with van der Waals surface area (Å²) in [6.07, 6.45) is 2.09. The van der Waals surface area contributed by atoms with Crippen molar-refractivity contribution in [3.63, 3.8) is 0 Å². The Morgan fingerprint density at radius 1 is 0.941 bits per heavy atom. The van der Waals surface area contributed by atoms with E-state index in [0.717, 1.165) is 32.6 Å². The van der Waals surface area contributed by atoms with Crippen molar-refractivity contribution in [3.05, 3.63) is 30.3 Å². The van der Waals surface area contributed by atoms with Crippen molar-refractivity contribution in [2.24, 2.45) is 0 Å². The lowest BCUT2D eigenvalue weighted by Gasteiger charge is -2.07. The van der Waals surface area contributed by atoms with E-state index < -0.39 is 0 Å². The molecule has 0 saturated heterocycles. The molecule has 0 atom stereocenters. The zero-order valence-corrected chi connectivity index (χ0v) is 10.7. The molecule has 0 aliphatic heterocycles. The lowest BCUT2D eigenvalue weighted by Crippen LogP contribution is -2.09. The van der Waals surface area contributed by atoms with Gasteiger partial charge in [0.2, 0.25) is 0 Å². The Morgan fingerprint density at radius 3 is 2.35 bits per heavy atom. The summed E-state index contributed by atoms with van der Waals surface area (Å²) in [4.78, 5) is 0. The SMILES string of the molecule is CCCOCCOCCCNc1ccccc1. The Bertz CT molecular complexity index is 264. The number of benzene rings is 1. The molecule has 0 spiro atoms. The van der Waals surface area contributed by atoms with Gasteiger partial charge in [0, 0.05) is 25.4 Å². The fourth-order valence-corrected chi connectivity index (χ4v) is 1.43. The highest BCUT2D eigenvalue weighted by molar-refractivity contribution is 5.42. The van der Waals surface area contributed by atoms with Crippen molar-refractivity contribution in [2.75, 3.05) is 38.3 Å². The van der Waals surface area contributed by atoms with Crippen molar-refractivity contribution in [1.82, 2.24) is 0 Å². The van der Waals surface area contributed by atoms with Crippen LogP contribution in [-0.4, -0.2) is 33.0 Å². The predicted octanol–water partition coefficient (Wildman–Crippen LogP) is 2.93. The molecule has 0 aromatic heterocycles. The van der Waals surface area contributed by atoms with Gasteiger partial charge in [-0.15, -0.1) is 0 Å². The van der Waals surface area contributed by atoms with Crippen LogP contribution in [0.4, 0.5) is 5.69 Å². The summed E-state index contributed by atoms with van der Waals surface area (Å²) in [5.41, 5.74) is 1.17. The highest BCUT2D eigenvalue weighted by Crippen LogP contribution is 2.04. The Balaban J connectivity index is 1.85. The zero-order chi connectivity index (χ0) is 12.2. The molecule has 1 aromatic rings. The van der Waals surface area contributed by atoms with Gasteiger partial charge in [-0.1, -0.05) is 25.1 Å². The van der Waals surface area contributed by atoms with E-state index in [1.807, 2.05) is 18.2 Å². The van der Waals surface area contributed by atoms with Crippen LogP contribution < -0.4 is 5.32 Å². The monoisotopic (exact) mass is 237 g/mol. The third kappa shape index (κ3) is 7.77. The Morgan fingerprint density at radius 2 is 1.65 bits per heavy atom. The van der Waals surface area contributed by atoms with Crippen LogP contribution in [-0.2, 0) is 9.47 Å². The molecule has 96 valence electrons. The van der Waals surface area contributed by atoms with Gasteiger partial charge in [-0.2, -0.15) is 0 Å². The molecule has 0 saturated carbocycles. The van der Waals surface area contributed by atoms with Crippen LogP contribution in [0.2, 0.25) is 0 Å². The summed E-state index contributed by atoms with van der Waals surface area (Å²) >= 11 is 0. The Labute approximate surface area is 104 Å². The average Bonchev–Trinajstić information content (AvgIpc) is 2.38. The molecule has 0 heterocycles. The van der Waals surface area contributed by atoms with Gasteiger partial charge in [0.1, 0.15) is 0 Å². The average molecular weight is 237 g/mol. The standard InChI is InChI=1S/C14H23NO2/c1-2-10-16-12-13-17-11-6-9-15-14-7-4-3-5-8-14/h3-5,7-8,15H,2,6,9-13H2,1H3. The second-order valence-corrected chi connectivity index (χ2v) is 3.87. The molecule has 3 heteroatoms. The summed E-state index contributed by atoms with van der Waals surface area (Å²) < 4.78 is 10.8. The fourth-order valence-electron chi connectivity index (χ4n) is 1.43. The minimum atomic E-state index is 0.700. The maximum absolute atomic E-state index is 5.45. The van der Waals surface area contributed by atoms with Crippen LogP contribution in [0.3, 0.4) is 0 Å². The minimum Gasteiger partial charge on any atom is -0.385 e. The van der Waals surface area contributed by atoms with E-state index >= 15 is 0 Å². The highest BCUT2D eigenvalue weighted by Gasteiger charge is 1.91. The molecular formula is C14H23NO2. The molecule has 1 rings (SSSR count). The van der Waals surface area contributed by atoms with Crippen LogP contribution in [0.15, 0.2) is 30.3 Å². The highest BCUT2D eigenvalue weighted by atomic mass is 16.5. The van der Waals surface area contributed by atoms with Gasteiger partial charge < -0.3 is 14.8 Å². The van der Waals surface area contributed by atoms with E-state index in [1.54, 1.807) is 0 Å². The van der Waals surface area contributed by atoms with E-state index in [-0.39, 0.29) is 0 Å². The second-order valence-electron chi connectivity index (χ2n) is 3.87. The van der Waals surface area contributed by atoms with Crippen LogP contribution >= 0.6 is 0 Å². The van der Waals surface area contributed by atoms with Gasteiger partial charge in [0.25, 0.3) is 0 Å². The number of nitrogens with one attached hydrogen (secondary N) is 1. The van der Waals surface area contributed by atoms with Crippen molar-refractivity contribution in [3.8, 4) is 0 Å². The number of hydrogen-bond acceptors (Lipinski definition) is 3. The molecule has 0 bridgehead atoms. The molecule has 0 fully saturated rings. The quantitative estimate of drug-likeness (QED) is 0.635. The molecule has 17 heavy (non-hydrogen) atoms. The molecular weight excluding hydrogens is 214 g/mol. The largest absolute Gasteiger partial charge is 0.385 e. The van der Waals surface area contributed by atoms with Crippen molar-refractivity contribution < 1.29 is 9.47 Å². The first-order chi connectivity index (χ1) is 8.43. The van der Waals surface area contributed by atoms with Gasteiger partial charge >= 0.3 is 0 Å². The zero-order valence-electron chi connectivity index (χ0n) is 10.7. The molecule has 0 radical (unpaired) electrons. The number of rotatable bonds is 10. The first kappa shape index (κ1) is 14.0. The lowest BCUT2D eigenvalue weighted by molar-refractivity contribution is 0.0479. The molecule has 0 unspecified atom stereocenters. The summed E-state index contributed by atoms with van der Waals surface area (Å²) in [5, 5.41) is 3.34. The van der Waals surface area contributed by atoms with Crippen LogP contribution in [0.5, 0.6) is 0 Å². The summed E-state index contributed by atoms with van der Waals surface area (Å²) in [6, 6.07) is 10.2. The maximum Gasteiger partial charge on any atom is 0.0700 e. The van der Waals surface area contributed by atoms with Crippen molar-refractivity contribution in [2.45, 2.75) is 19.8 Å². The Hall–Kier alpha value is -1.06. The van der Waals surface area contributed by atoms with Crippen LogP contribution in [0.1, 0.15) is 19.8 Å². The van der Waals surface area contributed by atoms with Gasteiger partial charge in [-0.3, -0.25) is 0 Å². The van der Waals surface area contributed by atoms with Gasteiger partial charge in [-0.05, 0) is 25.0 Å². The van der Waals surface area contributed by atoms with E-state index in [0.29, 0.717) is 13.2 Å². The summed E-state index contributed by atoms with van der Waals surface area (Å²) in [7, 11) is 0. The van der Waals surface area contributed by atoms with Crippen molar-refractivity contribution >= 4 is 5.69 Å². The number of hydrogen-bond donors (Lipinski definition) is 1. The summed E-state index contributed by atoms with van der Waals surface area (Å²) in [5.74, 6) is 0. The van der Waals surface area contributed by atoms with E-state index in [2.05, 4.69) is 24.4 Å². The van der Waals surface area contributed by atoms with E-state index in [1.165, 1.54) is 5.69 Å². The van der Waals surface area contributed by atoms with Gasteiger partial charge in [0.05, 0.1) is 13.2 Å².